The number of hydrogen-bond donors (Lipinski definition) is 1. The zero-order chi connectivity index (χ0) is 14.8. The maximum Gasteiger partial charge on any atom is 0.128 e. The molecule has 0 unspecified atom stereocenters. The van der Waals surface area contributed by atoms with Crippen molar-refractivity contribution in [1.82, 2.24) is 9.55 Å². The highest BCUT2D eigenvalue weighted by Crippen LogP contribution is 2.19. The lowest BCUT2D eigenvalue weighted by molar-refractivity contribution is 0.834. The third-order valence-corrected chi connectivity index (χ3v) is 3.69. The molecule has 0 radical (unpaired) electrons. The van der Waals surface area contributed by atoms with E-state index in [9.17, 15) is 0 Å². The van der Waals surface area contributed by atoms with Gasteiger partial charge in [0.2, 0.25) is 0 Å². The van der Waals surface area contributed by atoms with Crippen LogP contribution in [0.25, 0.3) is 11.0 Å². The molecule has 0 aliphatic rings. The number of imidazole rings is 1. The first-order valence-electron chi connectivity index (χ1n) is 7.07. The molecule has 1 heterocycles. The van der Waals surface area contributed by atoms with E-state index < -0.39 is 0 Å². The fourth-order valence-corrected chi connectivity index (χ4v) is 2.43. The molecule has 0 atom stereocenters. The first-order valence-corrected chi connectivity index (χ1v) is 7.07. The van der Waals surface area contributed by atoms with Gasteiger partial charge in [-0.2, -0.15) is 0 Å². The van der Waals surface area contributed by atoms with E-state index in [-0.39, 0.29) is 0 Å². The summed E-state index contributed by atoms with van der Waals surface area (Å²) in [7, 11) is 6.15. The number of nitrogens with one attached hydrogen (secondary N) is 1. The van der Waals surface area contributed by atoms with E-state index in [0.717, 1.165) is 22.5 Å². The summed E-state index contributed by atoms with van der Waals surface area (Å²) in [4.78, 5) is 6.77. The van der Waals surface area contributed by atoms with Crippen LogP contribution in [0.2, 0.25) is 0 Å². The quantitative estimate of drug-likeness (QED) is 0.796. The minimum Gasteiger partial charge on any atom is -0.378 e. The number of para-hydroxylation sites is 2. The Morgan fingerprint density at radius 2 is 1.90 bits per heavy atom. The highest BCUT2D eigenvalue weighted by Gasteiger charge is 2.06. The van der Waals surface area contributed by atoms with Gasteiger partial charge in [-0.1, -0.05) is 18.2 Å². The molecule has 1 aromatic heterocycles. The van der Waals surface area contributed by atoms with E-state index in [0.29, 0.717) is 6.54 Å². The first kappa shape index (κ1) is 13.5. The average molecular weight is 280 g/mol. The lowest BCUT2D eigenvalue weighted by atomic mass is 10.2. The Balaban J connectivity index is 1.80. The molecule has 0 aliphatic heterocycles. The molecule has 0 saturated heterocycles. The Bertz CT molecular complexity index is 758. The maximum absolute atomic E-state index is 4.67. The van der Waals surface area contributed by atoms with Gasteiger partial charge in [-0.3, -0.25) is 0 Å². The maximum atomic E-state index is 4.67. The lowest BCUT2D eigenvalue weighted by Gasteiger charge is -2.14. The standard InChI is InChI=1S/C17H20N4/c1-20(2)14-8-6-7-13(11-14)18-12-17-19-15-9-4-5-10-16(15)21(17)3/h4-11,18H,12H2,1-3H3. The molecule has 4 nitrogen and oxygen atoms in total. The fraction of sp³-hybridized carbons (Fsp3) is 0.235. The Kier molecular flexibility index (Phi) is 3.52. The fourth-order valence-electron chi connectivity index (χ4n) is 2.43. The van der Waals surface area contributed by atoms with Crippen molar-refractivity contribution < 1.29 is 0 Å². The van der Waals surface area contributed by atoms with Gasteiger partial charge in [-0.15, -0.1) is 0 Å². The second-order valence-corrected chi connectivity index (χ2v) is 5.37. The van der Waals surface area contributed by atoms with Crippen LogP contribution in [0, 0.1) is 0 Å². The molecule has 0 bridgehead atoms. The van der Waals surface area contributed by atoms with Crippen molar-refractivity contribution in [2.45, 2.75) is 6.54 Å². The van der Waals surface area contributed by atoms with E-state index in [1.54, 1.807) is 0 Å². The molecule has 108 valence electrons. The van der Waals surface area contributed by atoms with Crippen molar-refractivity contribution in [3.63, 3.8) is 0 Å². The largest absolute Gasteiger partial charge is 0.378 e. The third-order valence-electron chi connectivity index (χ3n) is 3.69. The monoisotopic (exact) mass is 280 g/mol. The molecular weight excluding hydrogens is 260 g/mol. The van der Waals surface area contributed by atoms with Crippen molar-refractivity contribution in [1.29, 1.82) is 0 Å². The minimum atomic E-state index is 0.710. The number of hydrogen-bond acceptors (Lipinski definition) is 3. The van der Waals surface area contributed by atoms with Crippen LogP contribution in [0.1, 0.15) is 5.82 Å². The van der Waals surface area contributed by atoms with Gasteiger partial charge in [0, 0.05) is 32.5 Å². The summed E-state index contributed by atoms with van der Waals surface area (Å²) in [6, 6.07) is 16.6. The molecule has 0 amide bonds. The van der Waals surface area contributed by atoms with Crippen LogP contribution in [0.15, 0.2) is 48.5 Å². The molecule has 4 heteroatoms. The highest BCUT2D eigenvalue weighted by molar-refractivity contribution is 5.75. The van der Waals surface area contributed by atoms with E-state index in [1.165, 1.54) is 5.69 Å². The number of nitrogens with zero attached hydrogens (tertiary/aromatic N) is 3. The van der Waals surface area contributed by atoms with E-state index >= 15 is 0 Å². The molecule has 0 fully saturated rings. The molecule has 1 N–H and O–H groups in total. The van der Waals surface area contributed by atoms with Crippen molar-refractivity contribution >= 4 is 22.4 Å². The number of fused-ring (bicyclic) bond motifs is 1. The van der Waals surface area contributed by atoms with Gasteiger partial charge in [0.1, 0.15) is 5.82 Å². The van der Waals surface area contributed by atoms with E-state index in [2.05, 4.69) is 57.1 Å². The summed E-state index contributed by atoms with van der Waals surface area (Å²) in [5, 5.41) is 3.45. The van der Waals surface area contributed by atoms with Gasteiger partial charge in [0.15, 0.2) is 0 Å². The predicted octanol–water partition coefficient (Wildman–Crippen LogP) is 3.25. The summed E-state index contributed by atoms with van der Waals surface area (Å²) in [6.07, 6.45) is 0. The smallest absolute Gasteiger partial charge is 0.128 e. The topological polar surface area (TPSA) is 33.1 Å². The summed E-state index contributed by atoms with van der Waals surface area (Å²) in [5.74, 6) is 1.03. The van der Waals surface area contributed by atoms with Gasteiger partial charge in [-0.25, -0.2) is 4.98 Å². The van der Waals surface area contributed by atoms with Gasteiger partial charge >= 0.3 is 0 Å². The predicted molar refractivity (Wildman–Crippen MR) is 88.8 cm³/mol. The minimum absolute atomic E-state index is 0.710. The van der Waals surface area contributed by atoms with Crippen LogP contribution < -0.4 is 10.2 Å². The van der Waals surface area contributed by atoms with Crippen LogP contribution in [0.3, 0.4) is 0 Å². The molecule has 21 heavy (non-hydrogen) atoms. The number of rotatable bonds is 4. The Labute approximate surface area is 125 Å². The van der Waals surface area contributed by atoms with E-state index in [4.69, 9.17) is 0 Å². The van der Waals surface area contributed by atoms with Gasteiger partial charge in [0.25, 0.3) is 0 Å². The normalized spacial score (nSPS) is 10.8. The number of aryl methyl sites for hydroxylation is 1. The van der Waals surface area contributed by atoms with Crippen LogP contribution in [0.5, 0.6) is 0 Å². The lowest BCUT2D eigenvalue weighted by Crippen LogP contribution is -2.10. The van der Waals surface area contributed by atoms with Crippen LogP contribution in [-0.4, -0.2) is 23.6 Å². The van der Waals surface area contributed by atoms with Crippen molar-refractivity contribution in [2.24, 2.45) is 7.05 Å². The Hall–Kier alpha value is -2.49. The molecule has 0 spiro atoms. The van der Waals surface area contributed by atoms with Crippen LogP contribution >= 0.6 is 0 Å². The van der Waals surface area contributed by atoms with Gasteiger partial charge in [0.05, 0.1) is 17.6 Å². The number of benzene rings is 2. The Morgan fingerprint density at radius 1 is 1.10 bits per heavy atom. The van der Waals surface area contributed by atoms with Crippen LogP contribution in [-0.2, 0) is 13.6 Å². The molecule has 3 aromatic rings. The van der Waals surface area contributed by atoms with Crippen LogP contribution in [0.4, 0.5) is 11.4 Å². The Morgan fingerprint density at radius 3 is 2.67 bits per heavy atom. The zero-order valence-electron chi connectivity index (χ0n) is 12.7. The van der Waals surface area contributed by atoms with Gasteiger partial charge < -0.3 is 14.8 Å². The number of aromatic nitrogens is 2. The summed E-state index contributed by atoms with van der Waals surface area (Å²) in [5.41, 5.74) is 4.49. The van der Waals surface area contributed by atoms with Crippen molar-refractivity contribution in [3.05, 3.63) is 54.4 Å². The van der Waals surface area contributed by atoms with Crippen molar-refractivity contribution in [2.75, 3.05) is 24.3 Å². The third kappa shape index (κ3) is 2.70. The summed E-state index contributed by atoms with van der Waals surface area (Å²) < 4.78 is 2.14. The summed E-state index contributed by atoms with van der Waals surface area (Å²) in [6.45, 7) is 0.710. The summed E-state index contributed by atoms with van der Waals surface area (Å²) >= 11 is 0. The molecule has 3 rings (SSSR count). The molecule has 0 aliphatic carbocycles. The number of anilines is 2. The SMILES string of the molecule is CN(C)c1cccc(NCc2nc3ccccc3n2C)c1. The van der Waals surface area contributed by atoms with Gasteiger partial charge in [-0.05, 0) is 30.3 Å². The van der Waals surface area contributed by atoms with E-state index in [1.807, 2.05) is 32.3 Å². The molecule has 2 aromatic carbocycles. The second-order valence-electron chi connectivity index (χ2n) is 5.37. The average Bonchev–Trinajstić information content (AvgIpc) is 2.82. The first-order chi connectivity index (χ1) is 10.1. The second kappa shape index (κ2) is 5.48. The highest BCUT2D eigenvalue weighted by atomic mass is 15.1. The zero-order valence-corrected chi connectivity index (χ0v) is 12.7. The van der Waals surface area contributed by atoms with Crippen molar-refractivity contribution in [3.8, 4) is 0 Å². The molecular formula is C17H20N4. The molecule has 0 saturated carbocycles.